The molecule has 0 spiro atoms. The third-order valence-corrected chi connectivity index (χ3v) is 3.92. The average molecular weight is 284 g/mol. The molecule has 1 unspecified atom stereocenters. The fourth-order valence-corrected chi connectivity index (χ4v) is 2.71. The lowest BCUT2D eigenvalue weighted by Gasteiger charge is -2.31. The van der Waals surface area contributed by atoms with Gasteiger partial charge in [0.2, 0.25) is 0 Å². The van der Waals surface area contributed by atoms with Crippen LogP contribution in [0.25, 0.3) is 0 Å². The Bertz CT molecular complexity index is 593. The minimum absolute atomic E-state index is 0.150. The van der Waals surface area contributed by atoms with E-state index in [1.807, 2.05) is 12.1 Å². The Morgan fingerprint density at radius 2 is 1.76 bits per heavy atom. The molecule has 3 heteroatoms. The van der Waals surface area contributed by atoms with Crippen molar-refractivity contribution in [1.29, 1.82) is 0 Å². The zero-order chi connectivity index (χ0) is 15.4. The summed E-state index contributed by atoms with van der Waals surface area (Å²) in [6.07, 6.45) is 0. The number of aryl methyl sites for hydroxylation is 2. The number of nitrogens with zero attached hydrogens (tertiary/aromatic N) is 1. The Labute approximate surface area is 127 Å². The third-order valence-electron chi connectivity index (χ3n) is 3.92. The van der Waals surface area contributed by atoms with Gasteiger partial charge in [-0.2, -0.15) is 0 Å². The molecule has 0 saturated heterocycles. The van der Waals surface area contributed by atoms with Gasteiger partial charge in [0.05, 0.1) is 13.2 Å². The summed E-state index contributed by atoms with van der Waals surface area (Å²) in [7, 11) is 3.77. The van der Waals surface area contributed by atoms with Crippen molar-refractivity contribution in [3.05, 3.63) is 59.2 Å². The molecule has 0 aliphatic carbocycles. The van der Waals surface area contributed by atoms with Crippen LogP contribution in [0.1, 0.15) is 22.7 Å². The first-order valence-corrected chi connectivity index (χ1v) is 7.21. The van der Waals surface area contributed by atoms with Crippen molar-refractivity contribution in [1.82, 2.24) is 0 Å². The van der Waals surface area contributed by atoms with Crippen molar-refractivity contribution in [3.63, 3.8) is 0 Å². The molecule has 21 heavy (non-hydrogen) atoms. The van der Waals surface area contributed by atoms with E-state index in [1.54, 1.807) is 7.11 Å². The third kappa shape index (κ3) is 3.37. The van der Waals surface area contributed by atoms with Crippen molar-refractivity contribution in [2.75, 3.05) is 25.6 Å². The lowest BCUT2D eigenvalue weighted by atomic mass is 10.0. The van der Waals surface area contributed by atoms with Crippen LogP contribution in [0.4, 0.5) is 5.69 Å². The maximum Gasteiger partial charge on any atom is 0.118 e. The number of hydrogen-bond acceptors (Lipinski definition) is 3. The van der Waals surface area contributed by atoms with Gasteiger partial charge in [0, 0.05) is 19.3 Å². The van der Waals surface area contributed by atoms with Crippen LogP contribution in [-0.2, 0) is 0 Å². The summed E-state index contributed by atoms with van der Waals surface area (Å²) in [4.78, 5) is 2.25. The molecule has 1 atom stereocenters. The standard InChI is InChI=1S/C18H24N2O/c1-13-5-10-17(14(2)11-13)20(3)18(12-19)15-6-8-16(21-4)9-7-15/h5-11,18H,12,19H2,1-4H3. The monoisotopic (exact) mass is 284 g/mol. The lowest BCUT2D eigenvalue weighted by molar-refractivity contribution is 0.414. The first-order chi connectivity index (χ1) is 10.1. The number of anilines is 1. The molecule has 112 valence electrons. The van der Waals surface area contributed by atoms with Crippen LogP contribution in [0.5, 0.6) is 5.75 Å². The van der Waals surface area contributed by atoms with Crippen LogP contribution in [0, 0.1) is 13.8 Å². The highest BCUT2D eigenvalue weighted by atomic mass is 16.5. The molecular formula is C18H24N2O. The topological polar surface area (TPSA) is 38.5 Å². The Morgan fingerprint density at radius 3 is 2.29 bits per heavy atom. The largest absolute Gasteiger partial charge is 0.497 e. The zero-order valence-electron chi connectivity index (χ0n) is 13.3. The van der Waals surface area contributed by atoms with E-state index in [9.17, 15) is 0 Å². The number of nitrogens with two attached hydrogens (primary N) is 1. The van der Waals surface area contributed by atoms with Gasteiger partial charge in [-0.1, -0.05) is 29.8 Å². The molecule has 0 amide bonds. The Balaban J connectivity index is 2.30. The summed E-state index contributed by atoms with van der Waals surface area (Å²) in [5.41, 5.74) is 11.0. The second kappa shape index (κ2) is 6.64. The van der Waals surface area contributed by atoms with E-state index < -0.39 is 0 Å². The summed E-state index contributed by atoms with van der Waals surface area (Å²) in [6, 6.07) is 14.8. The molecule has 0 fully saturated rings. The van der Waals surface area contributed by atoms with E-state index in [4.69, 9.17) is 10.5 Å². The summed E-state index contributed by atoms with van der Waals surface area (Å²) in [5, 5.41) is 0. The van der Waals surface area contributed by atoms with Crippen molar-refractivity contribution < 1.29 is 4.74 Å². The maximum atomic E-state index is 6.02. The van der Waals surface area contributed by atoms with Crippen molar-refractivity contribution >= 4 is 5.69 Å². The minimum Gasteiger partial charge on any atom is -0.497 e. The maximum absolute atomic E-state index is 6.02. The van der Waals surface area contributed by atoms with Crippen LogP contribution in [0.15, 0.2) is 42.5 Å². The fraction of sp³-hybridized carbons (Fsp3) is 0.333. The van der Waals surface area contributed by atoms with Gasteiger partial charge in [0.1, 0.15) is 5.75 Å². The molecule has 0 aliphatic heterocycles. The van der Waals surface area contributed by atoms with Crippen LogP contribution < -0.4 is 15.4 Å². The normalized spacial score (nSPS) is 12.0. The van der Waals surface area contributed by atoms with E-state index in [0.717, 1.165) is 5.75 Å². The summed E-state index contributed by atoms with van der Waals surface area (Å²) >= 11 is 0. The van der Waals surface area contributed by atoms with E-state index in [0.29, 0.717) is 6.54 Å². The number of hydrogen-bond donors (Lipinski definition) is 1. The number of benzene rings is 2. The SMILES string of the molecule is COc1ccc(C(CN)N(C)c2ccc(C)cc2C)cc1. The highest BCUT2D eigenvalue weighted by molar-refractivity contribution is 5.55. The van der Waals surface area contributed by atoms with Crippen LogP contribution in [-0.4, -0.2) is 20.7 Å². The van der Waals surface area contributed by atoms with Crippen molar-refractivity contribution in [2.45, 2.75) is 19.9 Å². The molecule has 0 radical (unpaired) electrons. The van der Waals surface area contributed by atoms with Gasteiger partial charge >= 0.3 is 0 Å². The predicted octanol–water partition coefficient (Wildman–Crippen LogP) is 3.45. The Morgan fingerprint density at radius 1 is 1.10 bits per heavy atom. The Kier molecular flexibility index (Phi) is 4.86. The van der Waals surface area contributed by atoms with E-state index in [1.165, 1.54) is 22.4 Å². The van der Waals surface area contributed by atoms with Crippen LogP contribution in [0.2, 0.25) is 0 Å². The number of likely N-dealkylation sites (N-methyl/N-ethyl adjacent to an activating group) is 1. The first kappa shape index (κ1) is 15.4. The molecule has 3 nitrogen and oxygen atoms in total. The second-order valence-corrected chi connectivity index (χ2v) is 5.43. The van der Waals surface area contributed by atoms with Crippen molar-refractivity contribution in [3.8, 4) is 5.75 Å². The highest BCUT2D eigenvalue weighted by Crippen LogP contribution is 2.29. The van der Waals surface area contributed by atoms with Crippen LogP contribution >= 0.6 is 0 Å². The lowest BCUT2D eigenvalue weighted by Crippen LogP contribution is -2.30. The zero-order valence-corrected chi connectivity index (χ0v) is 13.3. The molecule has 2 aromatic carbocycles. The predicted molar refractivity (Wildman–Crippen MR) is 89.1 cm³/mol. The first-order valence-electron chi connectivity index (χ1n) is 7.21. The number of rotatable bonds is 5. The van der Waals surface area contributed by atoms with Gasteiger partial charge < -0.3 is 15.4 Å². The molecular weight excluding hydrogens is 260 g/mol. The van der Waals surface area contributed by atoms with Gasteiger partial charge in [-0.3, -0.25) is 0 Å². The van der Waals surface area contributed by atoms with E-state index >= 15 is 0 Å². The molecule has 0 aromatic heterocycles. The van der Waals surface area contributed by atoms with Gasteiger partial charge in [-0.05, 0) is 43.2 Å². The summed E-state index contributed by atoms with van der Waals surface area (Å²) < 4.78 is 5.22. The van der Waals surface area contributed by atoms with Crippen LogP contribution in [0.3, 0.4) is 0 Å². The average Bonchev–Trinajstić information content (AvgIpc) is 2.48. The van der Waals surface area contributed by atoms with E-state index in [2.05, 4.69) is 56.1 Å². The molecule has 0 aliphatic rings. The molecule has 2 N–H and O–H groups in total. The fourth-order valence-electron chi connectivity index (χ4n) is 2.71. The van der Waals surface area contributed by atoms with Gasteiger partial charge in [0.15, 0.2) is 0 Å². The Hall–Kier alpha value is -2.00. The van der Waals surface area contributed by atoms with Gasteiger partial charge in [-0.25, -0.2) is 0 Å². The summed E-state index contributed by atoms with van der Waals surface area (Å²) in [6.45, 7) is 4.82. The van der Waals surface area contributed by atoms with Crippen molar-refractivity contribution in [2.24, 2.45) is 5.73 Å². The molecule has 2 rings (SSSR count). The smallest absolute Gasteiger partial charge is 0.118 e. The summed E-state index contributed by atoms with van der Waals surface area (Å²) in [5.74, 6) is 0.865. The number of ether oxygens (including phenoxy) is 1. The second-order valence-electron chi connectivity index (χ2n) is 5.43. The number of methoxy groups -OCH3 is 1. The molecule has 0 saturated carbocycles. The molecule has 2 aromatic rings. The molecule has 0 bridgehead atoms. The highest BCUT2D eigenvalue weighted by Gasteiger charge is 2.17. The quantitative estimate of drug-likeness (QED) is 0.914. The van der Waals surface area contributed by atoms with Gasteiger partial charge in [0.25, 0.3) is 0 Å². The minimum atomic E-state index is 0.150. The molecule has 0 heterocycles. The van der Waals surface area contributed by atoms with E-state index in [-0.39, 0.29) is 6.04 Å². The van der Waals surface area contributed by atoms with Gasteiger partial charge in [-0.15, -0.1) is 0 Å².